The van der Waals surface area contributed by atoms with Gasteiger partial charge in [-0.2, -0.15) is 0 Å². The van der Waals surface area contributed by atoms with E-state index in [0.717, 1.165) is 36.3 Å². The van der Waals surface area contributed by atoms with Crippen molar-refractivity contribution in [2.24, 2.45) is 0 Å². The van der Waals surface area contributed by atoms with E-state index >= 15 is 0 Å². The molecule has 1 fully saturated rings. The van der Waals surface area contributed by atoms with Crippen LogP contribution < -0.4 is 10.2 Å². The highest BCUT2D eigenvalue weighted by Crippen LogP contribution is 2.25. The van der Waals surface area contributed by atoms with Crippen LogP contribution in [0.2, 0.25) is 0 Å². The van der Waals surface area contributed by atoms with Crippen molar-refractivity contribution in [1.29, 1.82) is 0 Å². The van der Waals surface area contributed by atoms with Gasteiger partial charge in [-0.3, -0.25) is 14.5 Å². The summed E-state index contributed by atoms with van der Waals surface area (Å²) in [5.74, 6) is -0.574. The van der Waals surface area contributed by atoms with Crippen LogP contribution in [0.25, 0.3) is 0 Å². The highest BCUT2D eigenvalue weighted by molar-refractivity contribution is 6.10. The molecule has 4 amide bonds. The van der Waals surface area contributed by atoms with Gasteiger partial charge in [0.15, 0.2) is 0 Å². The number of nitrogens with one attached hydrogen (secondary N) is 1. The molecular weight excluding hydrogens is 354 g/mol. The lowest BCUT2D eigenvalue weighted by Gasteiger charge is -2.28. The molecule has 1 aliphatic heterocycles. The fourth-order valence-corrected chi connectivity index (χ4v) is 3.67. The molecule has 1 aliphatic rings. The Labute approximate surface area is 168 Å². The van der Waals surface area contributed by atoms with Gasteiger partial charge in [-0.05, 0) is 39.3 Å². The zero-order valence-corrected chi connectivity index (χ0v) is 17.5. The maximum atomic E-state index is 12.9. The van der Waals surface area contributed by atoms with Crippen LogP contribution in [0.15, 0.2) is 30.3 Å². The number of rotatable bonds is 10. The largest absolute Gasteiger partial charge is 0.325 e. The van der Waals surface area contributed by atoms with E-state index in [-0.39, 0.29) is 24.4 Å². The molecule has 1 heterocycles. The summed E-state index contributed by atoms with van der Waals surface area (Å²) < 4.78 is 0. The fraction of sp³-hybridized carbons (Fsp3) is 0.591. The van der Waals surface area contributed by atoms with E-state index < -0.39 is 11.6 Å². The highest BCUT2D eigenvalue weighted by atomic mass is 16.2. The Morgan fingerprint density at radius 3 is 2.36 bits per heavy atom. The summed E-state index contributed by atoms with van der Waals surface area (Å²) in [7, 11) is 0. The van der Waals surface area contributed by atoms with E-state index in [1.807, 2.05) is 44.2 Å². The number of urea groups is 1. The van der Waals surface area contributed by atoms with Crippen LogP contribution in [0.5, 0.6) is 0 Å². The van der Waals surface area contributed by atoms with E-state index in [1.54, 1.807) is 11.8 Å². The summed E-state index contributed by atoms with van der Waals surface area (Å²) in [6.07, 6.45) is 6.00. The first kappa shape index (κ1) is 21.9. The van der Waals surface area contributed by atoms with E-state index in [4.69, 9.17) is 0 Å². The van der Waals surface area contributed by atoms with Crippen LogP contribution in [0.3, 0.4) is 0 Å². The van der Waals surface area contributed by atoms with Gasteiger partial charge >= 0.3 is 6.03 Å². The second-order valence-corrected chi connectivity index (χ2v) is 8.01. The van der Waals surface area contributed by atoms with Gasteiger partial charge in [-0.25, -0.2) is 4.79 Å². The number of carbonyl (C=O) groups is 3. The highest BCUT2D eigenvalue weighted by Gasteiger charge is 2.48. The first-order valence-electron chi connectivity index (χ1n) is 10.3. The predicted octanol–water partition coefficient (Wildman–Crippen LogP) is 4.10. The third kappa shape index (κ3) is 5.12. The Balaban J connectivity index is 2.03. The second-order valence-electron chi connectivity index (χ2n) is 8.01. The van der Waals surface area contributed by atoms with Gasteiger partial charge in [0.05, 0.1) is 0 Å². The molecule has 0 aliphatic carbocycles. The summed E-state index contributed by atoms with van der Waals surface area (Å²) in [5.41, 5.74) is -0.160. The van der Waals surface area contributed by atoms with Gasteiger partial charge in [-0.1, -0.05) is 57.2 Å². The first-order valence-corrected chi connectivity index (χ1v) is 10.3. The van der Waals surface area contributed by atoms with E-state index in [1.165, 1.54) is 6.42 Å². The molecule has 6 heteroatoms. The fourth-order valence-electron chi connectivity index (χ4n) is 3.67. The predicted molar refractivity (Wildman–Crippen MR) is 111 cm³/mol. The summed E-state index contributed by atoms with van der Waals surface area (Å²) in [4.78, 5) is 40.9. The van der Waals surface area contributed by atoms with Crippen molar-refractivity contribution in [3.05, 3.63) is 30.3 Å². The van der Waals surface area contributed by atoms with Crippen molar-refractivity contribution < 1.29 is 14.4 Å². The number of nitrogens with zero attached hydrogens (tertiary/aromatic N) is 2. The molecule has 0 spiro atoms. The maximum absolute atomic E-state index is 12.9. The molecule has 28 heavy (non-hydrogen) atoms. The summed E-state index contributed by atoms with van der Waals surface area (Å²) in [6.45, 7) is 7.50. The van der Waals surface area contributed by atoms with Crippen molar-refractivity contribution in [3.8, 4) is 0 Å². The summed E-state index contributed by atoms with van der Waals surface area (Å²) in [5, 5.41) is 2.80. The van der Waals surface area contributed by atoms with Gasteiger partial charge in [0, 0.05) is 11.7 Å². The minimum atomic E-state index is -0.918. The lowest BCUT2D eigenvalue weighted by molar-refractivity contribution is -0.134. The Hall–Kier alpha value is -2.37. The third-order valence-corrected chi connectivity index (χ3v) is 5.24. The topological polar surface area (TPSA) is 69.7 Å². The van der Waals surface area contributed by atoms with Crippen LogP contribution in [-0.4, -0.2) is 40.9 Å². The van der Waals surface area contributed by atoms with Crippen LogP contribution in [0.4, 0.5) is 10.5 Å². The average Bonchev–Trinajstić information content (AvgIpc) is 2.85. The molecule has 1 unspecified atom stereocenters. The number of hydrogen-bond acceptors (Lipinski definition) is 3. The molecule has 0 bridgehead atoms. The minimum Gasteiger partial charge on any atom is -0.323 e. The molecule has 6 nitrogen and oxygen atoms in total. The number of hydrogen-bond donors (Lipinski definition) is 1. The van der Waals surface area contributed by atoms with Gasteiger partial charge in [0.2, 0.25) is 5.91 Å². The van der Waals surface area contributed by atoms with Crippen LogP contribution in [0.1, 0.15) is 66.2 Å². The maximum Gasteiger partial charge on any atom is 0.325 e. The van der Waals surface area contributed by atoms with Crippen LogP contribution in [0, 0.1) is 0 Å². The Morgan fingerprint density at radius 1 is 1.11 bits per heavy atom. The number of benzene rings is 1. The van der Waals surface area contributed by atoms with Gasteiger partial charge in [-0.15, -0.1) is 0 Å². The molecule has 1 N–H and O–H groups in total. The minimum absolute atomic E-state index is 0.0828. The summed E-state index contributed by atoms with van der Waals surface area (Å²) >= 11 is 0. The molecule has 0 saturated carbocycles. The molecular formula is C22H33N3O3. The molecule has 2 rings (SSSR count). The van der Waals surface area contributed by atoms with Crippen molar-refractivity contribution in [2.75, 3.05) is 11.4 Å². The number of imide groups is 1. The Bertz CT molecular complexity index is 690. The monoisotopic (exact) mass is 387 g/mol. The summed E-state index contributed by atoms with van der Waals surface area (Å²) in [6, 6.07) is 8.75. The second kappa shape index (κ2) is 9.71. The molecule has 1 aromatic carbocycles. The zero-order chi connectivity index (χ0) is 20.7. The number of amides is 4. The number of anilines is 1. The van der Waals surface area contributed by atoms with Crippen molar-refractivity contribution >= 4 is 23.5 Å². The zero-order valence-electron chi connectivity index (χ0n) is 17.5. The number of unbranched alkanes of at least 4 members (excludes halogenated alkanes) is 4. The number of carbonyl (C=O) groups excluding carboxylic acids is 3. The molecule has 0 radical (unpaired) electrons. The van der Waals surface area contributed by atoms with Gasteiger partial charge < -0.3 is 10.2 Å². The standard InChI is InChI=1S/C22H33N3O3/c1-5-6-7-8-12-15-22(4)20(27)24(21(28)23-22)16-19(26)25(17(2)3)18-13-10-9-11-14-18/h9-11,13-14,17H,5-8,12,15-16H2,1-4H3,(H,23,28). The normalized spacial score (nSPS) is 19.2. The Morgan fingerprint density at radius 2 is 1.75 bits per heavy atom. The van der Waals surface area contributed by atoms with Gasteiger partial charge in [0.25, 0.3) is 5.91 Å². The molecule has 1 atom stereocenters. The third-order valence-electron chi connectivity index (χ3n) is 5.24. The molecule has 1 saturated heterocycles. The molecule has 1 aromatic rings. The van der Waals surface area contributed by atoms with Crippen molar-refractivity contribution in [1.82, 2.24) is 10.2 Å². The average molecular weight is 388 g/mol. The van der Waals surface area contributed by atoms with E-state index in [9.17, 15) is 14.4 Å². The van der Waals surface area contributed by atoms with Crippen LogP contribution >= 0.6 is 0 Å². The molecule has 0 aromatic heterocycles. The smallest absolute Gasteiger partial charge is 0.323 e. The van der Waals surface area contributed by atoms with E-state index in [2.05, 4.69) is 12.2 Å². The lowest BCUT2D eigenvalue weighted by Crippen LogP contribution is -2.47. The SMILES string of the molecule is CCCCCCCC1(C)NC(=O)N(CC(=O)N(c2ccccc2)C(C)C)C1=O. The van der Waals surface area contributed by atoms with Crippen molar-refractivity contribution in [2.45, 2.75) is 77.8 Å². The quantitative estimate of drug-likeness (QED) is 0.485. The van der Waals surface area contributed by atoms with Crippen LogP contribution in [-0.2, 0) is 9.59 Å². The van der Waals surface area contributed by atoms with E-state index in [0.29, 0.717) is 6.42 Å². The number of para-hydroxylation sites is 1. The Kier molecular flexibility index (Phi) is 7.61. The first-order chi connectivity index (χ1) is 13.3. The van der Waals surface area contributed by atoms with Gasteiger partial charge in [0.1, 0.15) is 12.1 Å². The molecule has 154 valence electrons. The van der Waals surface area contributed by atoms with Crippen molar-refractivity contribution in [3.63, 3.8) is 0 Å². The lowest BCUT2D eigenvalue weighted by atomic mass is 9.94.